The van der Waals surface area contributed by atoms with Crippen molar-refractivity contribution in [3.05, 3.63) is 65.5 Å². The number of piperidine rings is 1. The van der Waals surface area contributed by atoms with Crippen molar-refractivity contribution in [3.8, 4) is 0 Å². The normalized spacial score (nSPS) is 17.8. The molecule has 2 heterocycles. The molecule has 0 radical (unpaired) electrons. The van der Waals surface area contributed by atoms with E-state index in [4.69, 9.17) is 0 Å². The van der Waals surface area contributed by atoms with Crippen LogP contribution in [-0.4, -0.2) is 37.8 Å². The second-order valence-electron chi connectivity index (χ2n) is 7.65. The molecule has 1 aliphatic rings. The van der Waals surface area contributed by atoms with Crippen LogP contribution >= 0.6 is 11.3 Å². The molecule has 0 aliphatic carbocycles. The fraction of sp³-hybridized carbons (Fsp3) is 0.348. The standard InChI is InChI=1S/C23H26N2O3S2/c26-22(17-19-9-5-8-18-7-1-2-11-21(18)19)24-14-13-20-10-3-4-15-25(20)30(27,28)23-12-6-16-29-23/h1-2,5-9,11-12,16,20H,3-4,10,13-15,17H2,(H,24,26). The zero-order valence-electron chi connectivity index (χ0n) is 16.8. The van der Waals surface area contributed by atoms with E-state index in [0.29, 0.717) is 30.1 Å². The molecule has 3 aromatic rings. The summed E-state index contributed by atoms with van der Waals surface area (Å²) in [5.74, 6) is -0.0326. The number of rotatable bonds is 7. The van der Waals surface area contributed by atoms with Crippen LogP contribution < -0.4 is 5.32 Å². The predicted octanol–water partition coefficient (Wildman–Crippen LogP) is 4.19. The van der Waals surface area contributed by atoms with Gasteiger partial charge >= 0.3 is 0 Å². The number of thiophene rings is 1. The molecule has 0 bridgehead atoms. The number of benzene rings is 2. The molecule has 1 aromatic heterocycles. The third kappa shape index (κ3) is 4.58. The lowest BCUT2D eigenvalue weighted by Gasteiger charge is -2.34. The van der Waals surface area contributed by atoms with Crippen molar-refractivity contribution in [3.63, 3.8) is 0 Å². The Morgan fingerprint density at radius 3 is 2.73 bits per heavy atom. The maximum atomic E-state index is 13.0. The Hall–Kier alpha value is -2.22. The van der Waals surface area contributed by atoms with Gasteiger partial charge in [0.15, 0.2) is 0 Å². The van der Waals surface area contributed by atoms with E-state index in [9.17, 15) is 13.2 Å². The molecule has 1 amide bonds. The first-order chi connectivity index (χ1) is 14.6. The van der Waals surface area contributed by atoms with E-state index in [2.05, 4.69) is 5.32 Å². The van der Waals surface area contributed by atoms with Gasteiger partial charge in [-0.3, -0.25) is 4.79 Å². The zero-order valence-corrected chi connectivity index (χ0v) is 18.4. The number of fused-ring (bicyclic) bond motifs is 1. The summed E-state index contributed by atoms with van der Waals surface area (Å²) in [5, 5.41) is 7.00. The number of hydrogen-bond acceptors (Lipinski definition) is 4. The van der Waals surface area contributed by atoms with E-state index in [-0.39, 0.29) is 11.9 Å². The average Bonchev–Trinajstić information content (AvgIpc) is 3.30. The molecule has 0 saturated carbocycles. The molecule has 5 nitrogen and oxygen atoms in total. The molecule has 1 N–H and O–H groups in total. The maximum Gasteiger partial charge on any atom is 0.252 e. The Morgan fingerprint density at radius 2 is 1.90 bits per heavy atom. The first kappa shape index (κ1) is 21.0. The van der Waals surface area contributed by atoms with E-state index >= 15 is 0 Å². The number of carbonyl (C=O) groups excluding carboxylic acids is 1. The topological polar surface area (TPSA) is 66.5 Å². The van der Waals surface area contributed by atoms with Gasteiger partial charge in [-0.25, -0.2) is 8.42 Å². The van der Waals surface area contributed by atoms with Crippen LogP contribution in [0.1, 0.15) is 31.2 Å². The van der Waals surface area contributed by atoms with E-state index in [1.807, 2.05) is 42.5 Å². The minimum absolute atomic E-state index is 0.0326. The summed E-state index contributed by atoms with van der Waals surface area (Å²) in [6, 6.07) is 17.4. The van der Waals surface area contributed by atoms with Crippen LogP contribution in [0.2, 0.25) is 0 Å². The summed E-state index contributed by atoms with van der Waals surface area (Å²) in [5.41, 5.74) is 1.00. The SMILES string of the molecule is O=C(Cc1cccc2ccccc12)NCCC1CCCCN1S(=O)(=O)c1cccs1. The van der Waals surface area contributed by atoms with Crippen LogP contribution in [0.4, 0.5) is 0 Å². The summed E-state index contributed by atoms with van der Waals surface area (Å²) in [6.07, 6.45) is 3.69. The fourth-order valence-corrected chi connectivity index (χ4v) is 7.01. The Kier molecular flexibility index (Phi) is 6.51. The fourth-order valence-electron chi connectivity index (χ4n) is 4.17. The molecule has 0 spiro atoms. The van der Waals surface area contributed by atoms with Crippen LogP contribution in [0.15, 0.2) is 64.2 Å². The van der Waals surface area contributed by atoms with Crippen molar-refractivity contribution >= 4 is 38.0 Å². The molecule has 4 rings (SSSR count). The number of sulfonamides is 1. The molecular formula is C23H26N2O3S2. The molecule has 1 unspecified atom stereocenters. The quantitative estimate of drug-likeness (QED) is 0.597. The van der Waals surface area contributed by atoms with Gasteiger partial charge in [-0.15, -0.1) is 11.3 Å². The maximum absolute atomic E-state index is 13.0. The molecule has 1 saturated heterocycles. The highest BCUT2D eigenvalue weighted by Crippen LogP contribution is 2.29. The molecule has 1 atom stereocenters. The molecule has 30 heavy (non-hydrogen) atoms. The van der Waals surface area contributed by atoms with Crippen molar-refractivity contribution in [2.75, 3.05) is 13.1 Å². The molecule has 158 valence electrons. The first-order valence-electron chi connectivity index (χ1n) is 10.3. The molecule has 1 aliphatic heterocycles. The van der Waals surface area contributed by atoms with E-state index in [0.717, 1.165) is 35.6 Å². The predicted molar refractivity (Wildman–Crippen MR) is 121 cm³/mol. The van der Waals surface area contributed by atoms with Crippen LogP contribution in [0.3, 0.4) is 0 Å². The van der Waals surface area contributed by atoms with Gasteiger partial charge < -0.3 is 5.32 Å². The number of nitrogens with zero attached hydrogens (tertiary/aromatic N) is 1. The van der Waals surface area contributed by atoms with Crippen LogP contribution in [0.25, 0.3) is 10.8 Å². The van der Waals surface area contributed by atoms with E-state index in [1.54, 1.807) is 21.8 Å². The number of nitrogens with one attached hydrogen (secondary N) is 1. The van der Waals surface area contributed by atoms with Crippen molar-refractivity contribution in [1.29, 1.82) is 0 Å². The monoisotopic (exact) mass is 442 g/mol. The number of carbonyl (C=O) groups is 1. The molecule has 7 heteroatoms. The largest absolute Gasteiger partial charge is 0.356 e. The summed E-state index contributed by atoms with van der Waals surface area (Å²) in [6.45, 7) is 1.03. The lowest BCUT2D eigenvalue weighted by Crippen LogP contribution is -2.45. The number of hydrogen-bond donors (Lipinski definition) is 1. The van der Waals surface area contributed by atoms with Gasteiger partial charge in [-0.05, 0) is 47.0 Å². The van der Waals surface area contributed by atoms with Crippen LogP contribution in [0.5, 0.6) is 0 Å². The Morgan fingerprint density at radius 1 is 1.07 bits per heavy atom. The summed E-state index contributed by atoms with van der Waals surface area (Å²) in [4.78, 5) is 12.5. The van der Waals surface area contributed by atoms with Gasteiger partial charge in [-0.2, -0.15) is 4.31 Å². The van der Waals surface area contributed by atoms with Gasteiger partial charge in [0, 0.05) is 19.1 Å². The second-order valence-corrected chi connectivity index (χ2v) is 10.7. The third-order valence-electron chi connectivity index (χ3n) is 5.66. The highest BCUT2D eigenvalue weighted by atomic mass is 32.2. The van der Waals surface area contributed by atoms with Gasteiger partial charge in [0.05, 0.1) is 6.42 Å². The Balaban J connectivity index is 1.36. The van der Waals surface area contributed by atoms with Crippen LogP contribution in [-0.2, 0) is 21.2 Å². The van der Waals surface area contributed by atoms with E-state index < -0.39 is 10.0 Å². The minimum Gasteiger partial charge on any atom is -0.356 e. The zero-order chi connectivity index (χ0) is 21.0. The van der Waals surface area contributed by atoms with Crippen molar-refractivity contribution in [1.82, 2.24) is 9.62 Å². The smallest absolute Gasteiger partial charge is 0.252 e. The van der Waals surface area contributed by atoms with Gasteiger partial charge in [0.2, 0.25) is 5.91 Å². The lowest BCUT2D eigenvalue weighted by atomic mass is 10.0. The second kappa shape index (κ2) is 9.29. The number of amides is 1. The van der Waals surface area contributed by atoms with Gasteiger partial charge in [0.1, 0.15) is 4.21 Å². The van der Waals surface area contributed by atoms with E-state index in [1.165, 1.54) is 11.3 Å². The molecule has 2 aromatic carbocycles. The summed E-state index contributed by atoms with van der Waals surface area (Å²) < 4.78 is 28.0. The van der Waals surface area contributed by atoms with Gasteiger partial charge in [-0.1, -0.05) is 55.0 Å². The molecular weight excluding hydrogens is 416 g/mol. The van der Waals surface area contributed by atoms with Crippen molar-refractivity contribution in [2.45, 2.75) is 42.4 Å². The summed E-state index contributed by atoms with van der Waals surface area (Å²) in [7, 11) is -3.45. The minimum atomic E-state index is -3.45. The van der Waals surface area contributed by atoms with Crippen molar-refractivity contribution in [2.24, 2.45) is 0 Å². The summed E-state index contributed by atoms with van der Waals surface area (Å²) >= 11 is 1.26. The van der Waals surface area contributed by atoms with Gasteiger partial charge in [0.25, 0.3) is 10.0 Å². The molecule has 1 fully saturated rings. The van der Waals surface area contributed by atoms with Crippen molar-refractivity contribution < 1.29 is 13.2 Å². The average molecular weight is 443 g/mol. The third-order valence-corrected chi connectivity index (χ3v) is 8.99. The Bertz CT molecular complexity index is 1110. The lowest BCUT2D eigenvalue weighted by molar-refractivity contribution is -0.120. The first-order valence-corrected chi connectivity index (χ1v) is 12.7. The highest BCUT2D eigenvalue weighted by Gasteiger charge is 2.33. The Labute approximate surface area is 181 Å². The van der Waals surface area contributed by atoms with Crippen LogP contribution in [0, 0.1) is 0 Å². The highest BCUT2D eigenvalue weighted by molar-refractivity contribution is 7.91.